The molecule has 43 heavy (non-hydrogen) atoms. The molecule has 4 rings (SSSR count). The number of sulfonamides is 1. The number of nitrogens with zero attached hydrogens (tertiary/aromatic N) is 1. The van der Waals surface area contributed by atoms with Gasteiger partial charge in [-0.3, -0.25) is 14.4 Å². The van der Waals surface area contributed by atoms with Gasteiger partial charge in [-0.2, -0.15) is 4.31 Å². The fraction of sp³-hybridized carbons (Fsp3) is 0.433. The number of furan rings is 1. The summed E-state index contributed by atoms with van der Waals surface area (Å²) in [4.78, 5) is 39.8. The summed E-state index contributed by atoms with van der Waals surface area (Å²) < 4.78 is 49.3. The van der Waals surface area contributed by atoms with Gasteiger partial charge in [0.15, 0.2) is 23.0 Å². The van der Waals surface area contributed by atoms with Gasteiger partial charge in [-0.15, -0.1) is 0 Å². The van der Waals surface area contributed by atoms with Crippen LogP contribution in [0.3, 0.4) is 0 Å². The molecular weight excluding hydrogens is 578 g/mol. The molecule has 3 aromatic rings. The third kappa shape index (κ3) is 7.11. The number of hydrogen-bond acceptors (Lipinski definition) is 9. The lowest BCUT2D eigenvalue weighted by atomic mass is 10.0. The number of ketones is 1. The predicted octanol–water partition coefficient (Wildman–Crippen LogP) is 3.14. The smallest absolute Gasteiger partial charge is 0.287 e. The molecule has 2 heterocycles. The molecule has 0 bridgehead atoms. The Morgan fingerprint density at radius 3 is 2.51 bits per heavy atom. The van der Waals surface area contributed by atoms with Crippen molar-refractivity contribution < 1.29 is 41.4 Å². The zero-order chi connectivity index (χ0) is 31.3. The van der Waals surface area contributed by atoms with E-state index in [4.69, 9.17) is 18.6 Å². The molecule has 2 N–H and O–H groups in total. The highest BCUT2D eigenvalue weighted by Crippen LogP contribution is 2.37. The molecule has 1 saturated heterocycles. The minimum absolute atomic E-state index is 0.0171. The standard InChI is InChI=1S/C30H37N3O9S/c1-18(2)14-23(32-30(36)27-16-21-25(42-27)11-12-26(40-4)28(21)41-5)29(35)31-22-10-7-13-33(17-24(22)34)43(37,38)20-9-6-8-19(15-20)39-3/h6,8-9,11-12,15-16,18,22-23H,7,10,13-14,17H2,1-5H3,(H,31,35)(H,32,36)/t22?,23-/m0/s1. The Labute approximate surface area is 250 Å². The van der Waals surface area contributed by atoms with Crippen molar-refractivity contribution >= 4 is 38.6 Å². The first-order valence-corrected chi connectivity index (χ1v) is 15.3. The molecule has 13 heteroatoms. The van der Waals surface area contributed by atoms with Crippen LogP contribution < -0.4 is 24.8 Å². The molecule has 1 aromatic heterocycles. The van der Waals surface area contributed by atoms with Crippen LogP contribution in [0.25, 0.3) is 11.0 Å². The fourth-order valence-electron chi connectivity index (χ4n) is 5.02. The molecule has 2 atom stereocenters. The summed E-state index contributed by atoms with van der Waals surface area (Å²) in [7, 11) is 0.457. The molecule has 2 amide bonds. The molecule has 12 nitrogen and oxygen atoms in total. The normalized spacial score (nSPS) is 16.9. The van der Waals surface area contributed by atoms with Crippen LogP contribution in [0.2, 0.25) is 0 Å². The maximum Gasteiger partial charge on any atom is 0.287 e. The van der Waals surface area contributed by atoms with Crippen LogP contribution in [-0.4, -0.2) is 76.8 Å². The third-order valence-corrected chi connectivity index (χ3v) is 9.05. The fourth-order valence-corrected chi connectivity index (χ4v) is 6.50. The van der Waals surface area contributed by atoms with E-state index in [1.807, 2.05) is 13.8 Å². The summed E-state index contributed by atoms with van der Waals surface area (Å²) in [6, 6.07) is 9.00. The highest BCUT2D eigenvalue weighted by molar-refractivity contribution is 7.89. The van der Waals surface area contributed by atoms with E-state index in [1.165, 1.54) is 39.5 Å². The number of hydrogen-bond donors (Lipinski definition) is 2. The van der Waals surface area contributed by atoms with Crippen LogP contribution in [0.4, 0.5) is 0 Å². The Morgan fingerprint density at radius 1 is 1.07 bits per heavy atom. The first-order chi connectivity index (χ1) is 20.5. The summed E-state index contributed by atoms with van der Waals surface area (Å²) in [5.74, 6) is -0.314. The molecule has 1 unspecified atom stereocenters. The first kappa shape index (κ1) is 31.8. The number of rotatable bonds is 11. The summed E-state index contributed by atoms with van der Waals surface area (Å²) in [6.07, 6.45) is 0.903. The van der Waals surface area contributed by atoms with E-state index < -0.39 is 46.2 Å². The van der Waals surface area contributed by atoms with Crippen molar-refractivity contribution in [3.8, 4) is 17.2 Å². The number of ether oxygens (including phenoxy) is 3. The van der Waals surface area contributed by atoms with Crippen LogP contribution in [0.1, 0.15) is 43.7 Å². The van der Waals surface area contributed by atoms with Gasteiger partial charge in [-0.05, 0) is 49.4 Å². The van der Waals surface area contributed by atoms with Crippen molar-refractivity contribution in [1.29, 1.82) is 0 Å². The molecule has 1 aliphatic rings. The van der Waals surface area contributed by atoms with Crippen molar-refractivity contribution in [2.24, 2.45) is 5.92 Å². The average Bonchev–Trinajstić information content (AvgIpc) is 3.34. The average molecular weight is 616 g/mol. The molecular formula is C30H37N3O9S. The minimum Gasteiger partial charge on any atom is -0.497 e. The molecule has 1 aliphatic heterocycles. The van der Waals surface area contributed by atoms with Gasteiger partial charge in [0.2, 0.25) is 15.9 Å². The lowest BCUT2D eigenvalue weighted by molar-refractivity contribution is -0.129. The number of Topliss-reactive ketones (excluding diaryl/α,β-unsaturated/α-hetero) is 1. The van der Waals surface area contributed by atoms with Crippen LogP contribution >= 0.6 is 0 Å². The summed E-state index contributed by atoms with van der Waals surface area (Å²) >= 11 is 0. The number of fused-ring (bicyclic) bond motifs is 1. The van der Waals surface area contributed by atoms with E-state index >= 15 is 0 Å². The Balaban J connectivity index is 1.47. The SMILES string of the molecule is COc1cccc(S(=O)(=O)N2CCCC(NC(=O)[C@H](CC(C)C)NC(=O)c3cc4c(OC)c(OC)ccc4o3)C(=O)C2)c1. The van der Waals surface area contributed by atoms with Gasteiger partial charge in [-0.25, -0.2) is 8.42 Å². The van der Waals surface area contributed by atoms with Crippen molar-refractivity contribution in [3.63, 3.8) is 0 Å². The monoisotopic (exact) mass is 615 g/mol. The summed E-state index contributed by atoms with van der Waals surface area (Å²) in [5, 5.41) is 6.02. The first-order valence-electron chi connectivity index (χ1n) is 13.9. The molecule has 0 radical (unpaired) electrons. The predicted molar refractivity (Wildman–Crippen MR) is 158 cm³/mol. The Hall–Kier alpha value is -4.10. The third-order valence-electron chi connectivity index (χ3n) is 7.21. The maximum atomic E-state index is 13.4. The van der Waals surface area contributed by atoms with E-state index in [1.54, 1.807) is 24.3 Å². The largest absolute Gasteiger partial charge is 0.497 e. The highest BCUT2D eigenvalue weighted by Gasteiger charge is 2.35. The summed E-state index contributed by atoms with van der Waals surface area (Å²) in [6.45, 7) is 3.53. The Kier molecular flexibility index (Phi) is 9.97. The summed E-state index contributed by atoms with van der Waals surface area (Å²) in [5.41, 5.74) is 0.408. The quantitative estimate of drug-likeness (QED) is 0.331. The second kappa shape index (κ2) is 13.5. The molecule has 2 aromatic carbocycles. The number of nitrogens with one attached hydrogen (secondary N) is 2. The Bertz CT molecular complexity index is 1600. The maximum absolute atomic E-state index is 13.4. The van der Waals surface area contributed by atoms with Gasteiger partial charge < -0.3 is 29.3 Å². The highest BCUT2D eigenvalue weighted by atomic mass is 32.2. The van der Waals surface area contributed by atoms with Gasteiger partial charge in [0.1, 0.15) is 17.4 Å². The second-order valence-electron chi connectivity index (χ2n) is 10.7. The van der Waals surface area contributed by atoms with Crippen molar-refractivity contribution in [2.75, 3.05) is 34.4 Å². The van der Waals surface area contributed by atoms with E-state index in [9.17, 15) is 22.8 Å². The number of benzene rings is 2. The van der Waals surface area contributed by atoms with E-state index in [-0.39, 0.29) is 29.5 Å². The number of carbonyl (C=O) groups is 3. The Morgan fingerprint density at radius 2 is 1.84 bits per heavy atom. The number of amides is 2. The van der Waals surface area contributed by atoms with Crippen LogP contribution in [-0.2, 0) is 19.6 Å². The topological polar surface area (TPSA) is 153 Å². The van der Waals surface area contributed by atoms with Gasteiger partial charge in [-0.1, -0.05) is 19.9 Å². The molecule has 232 valence electrons. The van der Waals surface area contributed by atoms with Crippen molar-refractivity contribution in [3.05, 3.63) is 48.2 Å². The van der Waals surface area contributed by atoms with Gasteiger partial charge in [0, 0.05) is 18.7 Å². The van der Waals surface area contributed by atoms with Gasteiger partial charge in [0.05, 0.1) is 44.2 Å². The van der Waals surface area contributed by atoms with Crippen LogP contribution in [0.5, 0.6) is 17.2 Å². The lowest BCUT2D eigenvalue weighted by Crippen LogP contribution is -2.52. The van der Waals surface area contributed by atoms with Gasteiger partial charge >= 0.3 is 0 Å². The minimum atomic E-state index is -3.97. The van der Waals surface area contributed by atoms with E-state index in [0.717, 1.165) is 4.31 Å². The van der Waals surface area contributed by atoms with Gasteiger partial charge in [0.25, 0.3) is 5.91 Å². The molecule has 1 fully saturated rings. The van der Waals surface area contributed by atoms with Crippen molar-refractivity contribution in [2.45, 2.75) is 50.1 Å². The zero-order valence-electron chi connectivity index (χ0n) is 24.8. The number of methoxy groups -OCH3 is 3. The van der Waals surface area contributed by atoms with E-state index in [2.05, 4.69) is 10.6 Å². The zero-order valence-corrected chi connectivity index (χ0v) is 25.7. The van der Waals surface area contributed by atoms with Crippen LogP contribution in [0.15, 0.2) is 51.8 Å². The van der Waals surface area contributed by atoms with Crippen molar-refractivity contribution in [1.82, 2.24) is 14.9 Å². The van der Waals surface area contributed by atoms with Crippen LogP contribution in [0, 0.1) is 5.92 Å². The van der Waals surface area contributed by atoms with E-state index in [0.29, 0.717) is 41.1 Å². The second-order valence-corrected chi connectivity index (χ2v) is 12.6. The number of carbonyl (C=O) groups excluding carboxylic acids is 3. The molecule has 0 aliphatic carbocycles. The lowest BCUT2D eigenvalue weighted by Gasteiger charge is -2.23. The molecule has 0 saturated carbocycles. The molecule has 0 spiro atoms.